The molecule has 18 rings (SSSR count). The van der Waals surface area contributed by atoms with E-state index in [4.69, 9.17) is 10.5 Å². The minimum Gasteiger partial charge on any atom is -0.319 e. The molecule has 18 aromatic rings. The molecule has 0 saturated heterocycles. The van der Waals surface area contributed by atoms with Gasteiger partial charge in [0, 0.05) is 108 Å². The van der Waals surface area contributed by atoms with E-state index in [1.54, 1.807) is 30.7 Å². The van der Waals surface area contributed by atoms with Crippen molar-refractivity contribution in [3.63, 3.8) is 0 Å². The molecule has 118 heavy (non-hydrogen) atoms. The summed E-state index contributed by atoms with van der Waals surface area (Å²) >= 11 is 0. The molecule has 0 fully saturated rings. The standard InChI is InChI=1S/3C23H17NOP.C15H11N.C15H10N.2C2H3N.2Ir/c3*25-26(20-9-3-1-4-10-20,21-11-5-2-6-12-21)22-16-14-19(15-17-22)23-13-7-8-18-24-23;2*1-2-7-13(8-3-1)15-14-9-5-4-6-12(14)10-11-16-15;2*1-2-3;;/h3*1-14,16-18H;1-11H;1-7,9-11H;2*1H3;;/q3*-1;;-1;;;;+3. The first kappa shape index (κ1) is 87.5. The monoisotopic (exact) mass is 1940 g/mol. The van der Waals surface area contributed by atoms with E-state index >= 15 is 0 Å². The van der Waals surface area contributed by atoms with Crippen LogP contribution in [0, 0.1) is 46.9 Å². The van der Waals surface area contributed by atoms with Gasteiger partial charge in [-0.15, -0.1) is 125 Å². The van der Waals surface area contributed by atoms with Crippen LogP contribution in [0.25, 0.3) is 77.8 Å². The molecule has 5 aromatic heterocycles. The molecular formula is C103H78Ir2N7O3P3-. The summed E-state index contributed by atoms with van der Waals surface area (Å²) in [5, 5.41) is 26.7. The zero-order chi connectivity index (χ0) is 80.5. The van der Waals surface area contributed by atoms with Crippen LogP contribution in [0.3, 0.4) is 0 Å². The van der Waals surface area contributed by atoms with Crippen molar-refractivity contribution < 1.29 is 53.9 Å². The average molecular weight is 1940 g/mol. The van der Waals surface area contributed by atoms with E-state index in [0.717, 1.165) is 98.5 Å². The number of aromatic nitrogens is 5. The van der Waals surface area contributed by atoms with E-state index < -0.39 is 21.4 Å². The Morgan fingerprint density at radius 1 is 0.254 bits per heavy atom. The van der Waals surface area contributed by atoms with Gasteiger partial charge in [0.2, 0.25) is 0 Å². The summed E-state index contributed by atoms with van der Waals surface area (Å²) in [6, 6.07) is 148. The first-order chi connectivity index (χ1) is 57.1. The van der Waals surface area contributed by atoms with E-state index in [-0.39, 0.29) is 40.2 Å². The zero-order valence-corrected chi connectivity index (χ0v) is 71.9. The molecule has 0 atom stereocenters. The van der Waals surface area contributed by atoms with Crippen molar-refractivity contribution in [2.24, 2.45) is 0 Å². The minimum absolute atomic E-state index is 0. The quantitative estimate of drug-likeness (QED) is 0.0756. The maximum Gasteiger partial charge on any atom is 3.00 e. The summed E-state index contributed by atoms with van der Waals surface area (Å²) in [5.41, 5.74) is 9.50. The average Bonchev–Trinajstić information content (AvgIpc) is 0.774. The van der Waals surface area contributed by atoms with Crippen LogP contribution >= 0.6 is 21.4 Å². The predicted molar refractivity (Wildman–Crippen MR) is 479 cm³/mol. The Morgan fingerprint density at radius 2 is 0.525 bits per heavy atom. The molecule has 13 aromatic carbocycles. The molecule has 0 amide bonds. The number of rotatable bonds is 14. The van der Waals surface area contributed by atoms with Crippen molar-refractivity contribution in [1.29, 1.82) is 10.5 Å². The van der Waals surface area contributed by atoms with Gasteiger partial charge in [-0.05, 0) is 69.3 Å². The van der Waals surface area contributed by atoms with Crippen LogP contribution in [0.1, 0.15) is 13.8 Å². The van der Waals surface area contributed by atoms with Crippen LogP contribution in [-0.4, -0.2) is 24.9 Å². The Balaban J connectivity index is 0.000000154. The fourth-order valence-electron chi connectivity index (χ4n) is 12.9. The van der Waals surface area contributed by atoms with Crippen LogP contribution < -0.4 is 47.7 Å². The van der Waals surface area contributed by atoms with Gasteiger partial charge in [-0.3, -0.25) is 4.98 Å². The Morgan fingerprint density at radius 3 is 0.805 bits per heavy atom. The number of hydrogen-bond acceptors (Lipinski definition) is 10. The van der Waals surface area contributed by atoms with Gasteiger partial charge in [0.1, 0.15) is 21.4 Å². The maximum atomic E-state index is 14.2. The van der Waals surface area contributed by atoms with Gasteiger partial charge in [0.05, 0.1) is 17.8 Å². The summed E-state index contributed by atoms with van der Waals surface area (Å²) in [4.78, 5) is 22.0. The molecule has 0 N–H and O–H groups in total. The van der Waals surface area contributed by atoms with Crippen LogP contribution in [0.2, 0.25) is 0 Å². The third-order valence-electron chi connectivity index (χ3n) is 18.4. The van der Waals surface area contributed by atoms with E-state index in [1.165, 1.54) is 41.0 Å². The zero-order valence-electron chi connectivity index (χ0n) is 64.4. The summed E-state index contributed by atoms with van der Waals surface area (Å²) in [7, 11) is -8.82. The molecule has 15 heteroatoms. The van der Waals surface area contributed by atoms with Gasteiger partial charge < -0.3 is 33.6 Å². The molecule has 0 aliphatic heterocycles. The maximum absolute atomic E-state index is 14.2. The Kier molecular flexibility index (Phi) is 33.2. The number of nitrogens with zero attached hydrogens (tertiary/aromatic N) is 7. The number of benzene rings is 13. The van der Waals surface area contributed by atoms with Gasteiger partial charge in [0.15, 0.2) is 0 Å². The van der Waals surface area contributed by atoms with Crippen molar-refractivity contribution in [1.82, 2.24) is 24.9 Å². The van der Waals surface area contributed by atoms with Crippen molar-refractivity contribution in [3.05, 3.63) is 462 Å². The predicted octanol–water partition coefficient (Wildman–Crippen LogP) is 21.2. The van der Waals surface area contributed by atoms with E-state index in [1.807, 2.05) is 370 Å². The normalized spacial score (nSPS) is 10.4. The summed E-state index contributed by atoms with van der Waals surface area (Å²) in [6.07, 6.45) is 8.99. The summed E-state index contributed by atoms with van der Waals surface area (Å²) in [6.45, 7) is 2.86. The van der Waals surface area contributed by atoms with Gasteiger partial charge in [0.25, 0.3) is 0 Å². The molecule has 0 unspecified atom stereocenters. The van der Waals surface area contributed by atoms with Crippen molar-refractivity contribution in [3.8, 4) is 68.4 Å². The number of hydrogen-bond donors (Lipinski definition) is 0. The molecule has 0 bridgehead atoms. The van der Waals surface area contributed by atoms with E-state index in [2.05, 4.69) is 97.7 Å². The largest absolute Gasteiger partial charge is 3.00 e. The second kappa shape index (κ2) is 44.8. The molecule has 1 radical (unpaired) electrons. The van der Waals surface area contributed by atoms with Crippen molar-refractivity contribution in [2.45, 2.75) is 13.8 Å². The second-order valence-electron chi connectivity index (χ2n) is 25.7. The SMILES string of the molecule is CC#N.CC#N.O=P(c1c[c-]c(-c2ccccn2)cc1)(c1ccccc1)c1ccccc1.O=P(c1c[c-]c(-c2ccccn2)cc1)(c1ccccc1)c1ccccc1.O=P(c1c[c-]c(-c2ccccn2)cc1)(c1ccccc1)c1ccccc1.[Ir+3].[Ir].[c-]1ccccc1-c1nccc2ccccc12.c1ccc(-c2nccc3ccccc23)cc1. The molecule has 0 aliphatic carbocycles. The number of pyridine rings is 5. The number of fused-ring (bicyclic) bond motifs is 2. The van der Waals surface area contributed by atoms with Crippen LogP contribution in [0.4, 0.5) is 0 Å². The van der Waals surface area contributed by atoms with E-state index in [0.29, 0.717) is 0 Å². The third kappa shape index (κ3) is 22.0. The molecule has 5 heterocycles. The Hall–Kier alpha value is -12.9. The summed E-state index contributed by atoms with van der Waals surface area (Å²) in [5.74, 6) is 0. The fourth-order valence-corrected chi connectivity index (χ4v) is 20.7. The van der Waals surface area contributed by atoms with Gasteiger partial charge in [-0.2, -0.15) is 10.5 Å². The van der Waals surface area contributed by atoms with Gasteiger partial charge >= 0.3 is 20.1 Å². The van der Waals surface area contributed by atoms with Crippen LogP contribution in [-0.2, 0) is 53.9 Å². The van der Waals surface area contributed by atoms with E-state index in [9.17, 15) is 13.7 Å². The Bertz CT molecular complexity index is 5620. The van der Waals surface area contributed by atoms with Crippen molar-refractivity contribution in [2.75, 3.05) is 0 Å². The first-order valence-corrected chi connectivity index (χ1v) is 42.5. The Labute approximate surface area is 718 Å². The van der Waals surface area contributed by atoms with Crippen LogP contribution in [0.5, 0.6) is 0 Å². The molecule has 0 saturated carbocycles. The fraction of sp³-hybridized carbons (Fsp3) is 0.0194. The molecule has 0 aliphatic rings. The topological polar surface area (TPSA) is 163 Å². The van der Waals surface area contributed by atoms with Gasteiger partial charge in [-0.1, -0.05) is 313 Å². The first-order valence-electron chi connectivity index (χ1n) is 37.3. The van der Waals surface area contributed by atoms with Crippen molar-refractivity contribution >= 4 is 90.7 Å². The molecule has 0 spiro atoms. The smallest absolute Gasteiger partial charge is 0.319 e. The molecule has 577 valence electrons. The molecule has 10 nitrogen and oxygen atoms in total. The second-order valence-corrected chi connectivity index (χ2v) is 34.0. The third-order valence-corrected chi connectivity index (χ3v) is 27.5. The molecular weight excluding hydrogens is 1860 g/mol. The number of nitriles is 2. The van der Waals surface area contributed by atoms with Gasteiger partial charge in [-0.25, -0.2) is 0 Å². The minimum atomic E-state index is -2.94. The summed E-state index contributed by atoms with van der Waals surface area (Å²) < 4.78 is 42.7. The van der Waals surface area contributed by atoms with Crippen LogP contribution in [0.15, 0.2) is 437 Å².